The van der Waals surface area contributed by atoms with E-state index in [4.69, 9.17) is 13.9 Å². The highest BCUT2D eigenvalue weighted by Crippen LogP contribution is 2.61. The number of hydrogen-bond acceptors (Lipinski definition) is 8. The summed E-state index contributed by atoms with van der Waals surface area (Å²) in [4.78, 5) is 36.7. The summed E-state index contributed by atoms with van der Waals surface area (Å²) in [5, 5.41) is 14.6. The number of hydrogen-bond donors (Lipinski definition) is 3. The molecular weight excluding hydrogens is 566 g/mol. The van der Waals surface area contributed by atoms with Crippen molar-refractivity contribution in [1.82, 2.24) is 19.5 Å². The number of aliphatic hydroxyl groups is 1. The SMILES string of the molecule is CC[C@@]1(C2(O[Si](C)(C)C(C)(C)C)CC2)O[C@@H](n2cnc3c(=O)[nH]c(NC(=O)C(C)C)nc32)C(O)C1OCc1ccccc1. The predicted molar refractivity (Wildman–Crippen MR) is 166 cm³/mol. The lowest BCUT2D eigenvalue weighted by molar-refractivity contribution is -0.184. The van der Waals surface area contributed by atoms with Gasteiger partial charge in [-0.3, -0.25) is 24.5 Å². The van der Waals surface area contributed by atoms with Crippen LogP contribution in [0.15, 0.2) is 41.5 Å². The molecule has 0 radical (unpaired) electrons. The van der Waals surface area contributed by atoms with Crippen molar-refractivity contribution in [3.63, 3.8) is 0 Å². The number of aromatic amines is 1. The Morgan fingerprint density at radius 3 is 2.51 bits per heavy atom. The van der Waals surface area contributed by atoms with Gasteiger partial charge in [0.05, 0.1) is 18.5 Å². The van der Waals surface area contributed by atoms with E-state index < -0.39 is 43.5 Å². The number of H-pyrrole nitrogens is 1. The van der Waals surface area contributed by atoms with E-state index >= 15 is 0 Å². The van der Waals surface area contributed by atoms with E-state index in [2.05, 4.69) is 54.1 Å². The van der Waals surface area contributed by atoms with E-state index in [0.29, 0.717) is 6.42 Å². The number of carbonyl (C=O) groups excluding carboxylic acids is 1. The number of amides is 1. The maximum absolute atomic E-state index is 12.9. The van der Waals surface area contributed by atoms with Crippen LogP contribution in [-0.4, -0.2) is 62.3 Å². The average molecular weight is 612 g/mol. The normalized spacial score (nSPS) is 25.4. The molecule has 3 heterocycles. The Labute approximate surface area is 253 Å². The molecule has 2 aromatic heterocycles. The van der Waals surface area contributed by atoms with E-state index in [1.54, 1.807) is 18.4 Å². The zero-order valence-corrected chi connectivity index (χ0v) is 27.4. The van der Waals surface area contributed by atoms with Crippen molar-refractivity contribution in [3.8, 4) is 0 Å². The van der Waals surface area contributed by atoms with Crippen LogP contribution in [0.2, 0.25) is 18.1 Å². The molecule has 1 aromatic carbocycles. The first-order valence-corrected chi connectivity index (χ1v) is 18.0. The highest BCUT2D eigenvalue weighted by molar-refractivity contribution is 6.74. The van der Waals surface area contributed by atoms with Gasteiger partial charge in [0.1, 0.15) is 17.8 Å². The molecule has 2 unspecified atom stereocenters. The van der Waals surface area contributed by atoms with Crippen molar-refractivity contribution < 1.29 is 23.8 Å². The van der Waals surface area contributed by atoms with Crippen LogP contribution in [0.3, 0.4) is 0 Å². The van der Waals surface area contributed by atoms with Gasteiger partial charge >= 0.3 is 0 Å². The molecule has 0 bridgehead atoms. The number of benzene rings is 1. The molecule has 2 aliphatic rings. The molecule has 11 nitrogen and oxygen atoms in total. The highest BCUT2D eigenvalue weighted by Gasteiger charge is 2.72. The number of nitrogens with one attached hydrogen (secondary N) is 2. The third-order valence-corrected chi connectivity index (χ3v) is 13.9. The predicted octanol–water partition coefficient (Wildman–Crippen LogP) is 4.89. The van der Waals surface area contributed by atoms with Crippen LogP contribution in [0.5, 0.6) is 0 Å². The molecule has 5 rings (SSSR count). The minimum absolute atomic E-state index is 0.00370. The zero-order chi connectivity index (χ0) is 31.4. The highest BCUT2D eigenvalue weighted by atomic mass is 28.4. The summed E-state index contributed by atoms with van der Waals surface area (Å²) < 4.78 is 22.3. The van der Waals surface area contributed by atoms with Crippen LogP contribution in [0.25, 0.3) is 11.2 Å². The van der Waals surface area contributed by atoms with E-state index in [9.17, 15) is 14.7 Å². The molecule has 4 atom stereocenters. The topological polar surface area (TPSA) is 141 Å². The van der Waals surface area contributed by atoms with E-state index in [0.717, 1.165) is 18.4 Å². The van der Waals surface area contributed by atoms with Crippen molar-refractivity contribution in [3.05, 3.63) is 52.6 Å². The number of aromatic nitrogens is 4. The van der Waals surface area contributed by atoms with Crippen molar-refractivity contribution in [1.29, 1.82) is 0 Å². The Kier molecular flexibility index (Phi) is 8.23. The molecule has 234 valence electrons. The fraction of sp³-hybridized carbons (Fsp3) is 0.613. The first kappa shape index (κ1) is 31.5. The Balaban J connectivity index is 1.57. The van der Waals surface area contributed by atoms with E-state index in [-0.39, 0.29) is 40.6 Å². The van der Waals surface area contributed by atoms with Gasteiger partial charge in [-0.1, -0.05) is 71.9 Å². The van der Waals surface area contributed by atoms with E-state index in [1.165, 1.54) is 6.33 Å². The summed E-state index contributed by atoms with van der Waals surface area (Å²) >= 11 is 0. The van der Waals surface area contributed by atoms with Gasteiger partial charge in [-0.05, 0) is 43.0 Å². The van der Waals surface area contributed by atoms with Crippen molar-refractivity contribution in [2.45, 2.75) is 115 Å². The molecule has 1 amide bonds. The van der Waals surface area contributed by atoms with Crippen LogP contribution in [0.4, 0.5) is 5.95 Å². The third kappa shape index (κ3) is 5.59. The minimum atomic E-state index is -2.25. The van der Waals surface area contributed by atoms with Crippen LogP contribution in [0.1, 0.15) is 72.6 Å². The number of rotatable bonds is 10. The van der Waals surface area contributed by atoms with Gasteiger partial charge in [-0.2, -0.15) is 4.98 Å². The van der Waals surface area contributed by atoms with Crippen LogP contribution >= 0.6 is 0 Å². The van der Waals surface area contributed by atoms with Gasteiger partial charge in [-0.25, -0.2) is 4.98 Å². The molecule has 1 saturated carbocycles. The molecule has 12 heteroatoms. The second-order valence-electron chi connectivity index (χ2n) is 13.7. The van der Waals surface area contributed by atoms with Crippen molar-refractivity contribution >= 4 is 31.3 Å². The lowest BCUT2D eigenvalue weighted by Crippen LogP contribution is -2.60. The maximum Gasteiger partial charge on any atom is 0.280 e. The number of aliphatic hydroxyl groups excluding tert-OH is 1. The van der Waals surface area contributed by atoms with Gasteiger partial charge < -0.3 is 19.0 Å². The molecule has 1 saturated heterocycles. The van der Waals surface area contributed by atoms with Gasteiger partial charge in [-0.15, -0.1) is 0 Å². The number of carbonyl (C=O) groups is 1. The minimum Gasteiger partial charge on any atom is -0.408 e. The molecule has 1 aliphatic heterocycles. The smallest absolute Gasteiger partial charge is 0.280 e. The van der Waals surface area contributed by atoms with Crippen LogP contribution in [-0.2, 0) is 25.3 Å². The first-order valence-electron chi connectivity index (χ1n) is 15.1. The van der Waals surface area contributed by atoms with Gasteiger partial charge in [0, 0.05) is 5.92 Å². The van der Waals surface area contributed by atoms with Crippen LogP contribution in [0, 0.1) is 5.92 Å². The summed E-state index contributed by atoms with van der Waals surface area (Å²) in [6.45, 7) is 16.9. The lowest BCUT2D eigenvalue weighted by atomic mass is 9.84. The second kappa shape index (κ2) is 11.2. The summed E-state index contributed by atoms with van der Waals surface area (Å²) in [6, 6.07) is 9.83. The van der Waals surface area contributed by atoms with Crippen molar-refractivity contribution in [2.24, 2.45) is 5.92 Å². The molecule has 1 aliphatic carbocycles. The molecule has 3 N–H and O–H groups in total. The Morgan fingerprint density at radius 2 is 1.93 bits per heavy atom. The summed E-state index contributed by atoms with van der Waals surface area (Å²) in [5.41, 5.74) is -0.879. The summed E-state index contributed by atoms with van der Waals surface area (Å²) in [7, 11) is -2.25. The monoisotopic (exact) mass is 611 g/mol. The Bertz CT molecular complexity index is 1530. The van der Waals surface area contributed by atoms with Gasteiger partial charge in [0.2, 0.25) is 11.9 Å². The van der Waals surface area contributed by atoms with Gasteiger partial charge in [0.25, 0.3) is 5.56 Å². The molecular formula is C31H45N5O6Si. The number of nitrogens with zero attached hydrogens (tertiary/aromatic N) is 3. The number of anilines is 1. The fourth-order valence-electron chi connectivity index (χ4n) is 5.76. The fourth-order valence-corrected chi connectivity index (χ4v) is 7.42. The lowest BCUT2D eigenvalue weighted by Gasteiger charge is -2.47. The summed E-state index contributed by atoms with van der Waals surface area (Å²) in [5.74, 6) is -0.596. The number of ether oxygens (including phenoxy) is 2. The Hall–Kier alpha value is -2.90. The zero-order valence-electron chi connectivity index (χ0n) is 26.4. The Morgan fingerprint density at radius 1 is 1.26 bits per heavy atom. The molecule has 43 heavy (non-hydrogen) atoms. The van der Waals surface area contributed by atoms with Gasteiger partial charge in [0.15, 0.2) is 25.7 Å². The van der Waals surface area contributed by atoms with E-state index in [1.807, 2.05) is 37.3 Å². The second-order valence-corrected chi connectivity index (χ2v) is 18.4. The molecule has 3 aromatic rings. The largest absolute Gasteiger partial charge is 0.408 e. The third-order valence-electron chi connectivity index (χ3n) is 9.40. The average Bonchev–Trinajstić information content (AvgIpc) is 3.48. The number of fused-ring (bicyclic) bond motifs is 1. The standard InChI is InChI=1S/C31H45N5O6Si/c1-9-31(30(15-16-30)42-43(7,8)29(4,5)6)23(40-17-20-13-11-10-12-14-20)22(37)27(41-31)36-18-32-21-24(36)33-28(35-26(21)39)34-25(38)19(2)3/h10-14,18-19,22-23,27,37H,9,15-17H2,1-8H3,(H2,33,34,35,38,39)/t22?,23?,27-,31-/m1/s1. The number of imidazole rings is 1. The first-order chi connectivity index (χ1) is 20.1. The van der Waals surface area contributed by atoms with Crippen LogP contribution < -0.4 is 10.9 Å². The quantitative estimate of drug-likeness (QED) is 0.275. The molecule has 0 spiro atoms. The van der Waals surface area contributed by atoms with Crippen molar-refractivity contribution in [2.75, 3.05) is 5.32 Å². The maximum atomic E-state index is 12.9. The molecule has 2 fully saturated rings. The summed E-state index contributed by atoms with van der Waals surface area (Å²) in [6.07, 6.45) is 0.714.